The van der Waals surface area contributed by atoms with Crippen LogP contribution in [0.3, 0.4) is 0 Å². The van der Waals surface area contributed by atoms with Crippen LogP contribution in [-0.2, 0) is 21.3 Å². The van der Waals surface area contributed by atoms with E-state index in [4.69, 9.17) is 4.74 Å². The van der Waals surface area contributed by atoms with E-state index in [1.807, 2.05) is 31.2 Å². The molecule has 0 radical (unpaired) electrons. The molecule has 2 aromatic carbocycles. The van der Waals surface area contributed by atoms with E-state index in [0.717, 1.165) is 21.2 Å². The lowest BCUT2D eigenvalue weighted by Crippen LogP contribution is -2.38. The fourth-order valence-electron chi connectivity index (χ4n) is 4.00. The molecule has 10 heteroatoms. The van der Waals surface area contributed by atoms with E-state index in [2.05, 4.69) is 19.8 Å². The minimum Gasteiger partial charge on any atom is -0.378 e. The molecule has 9 nitrogen and oxygen atoms in total. The van der Waals surface area contributed by atoms with Gasteiger partial charge in [0.2, 0.25) is 10.0 Å². The van der Waals surface area contributed by atoms with Gasteiger partial charge in [-0.15, -0.1) is 0 Å². The van der Waals surface area contributed by atoms with Gasteiger partial charge in [-0.1, -0.05) is 12.1 Å². The minimum absolute atomic E-state index is 0.0890. The second-order valence-electron chi connectivity index (χ2n) is 8.12. The van der Waals surface area contributed by atoms with E-state index in [0.29, 0.717) is 50.6 Å². The Kier molecular flexibility index (Phi) is 6.68. The van der Waals surface area contributed by atoms with Crippen LogP contribution in [-0.4, -0.2) is 75.1 Å². The van der Waals surface area contributed by atoms with E-state index in [9.17, 15) is 13.2 Å². The number of benzene rings is 2. The Morgan fingerprint density at radius 2 is 1.88 bits per heavy atom. The number of morpholine rings is 1. The first kappa shape index (κ1) is 23.2. The quantitative estimate of drug-likeness (QED) is 0.565. The molecular weight excluding hydrogens is 442 g/mol. The van der Waals surface area contributed by atoms with Crippen molar-refractivity contribution in [3.05, 3.63) is 53.9 Å². The normalized spacial score (nSPS) is 14.7. The molecule has 0 aliphatic carbocycles. The summed E-state index contributed by atoms with van der Waals surface area (Å²) in [7, 11) is -0.719. The molecule has 0 bridgehead atoms. The highest BCUT2D eigenvalue weighted by Crippen LogP contribution is 2.26. The zero-order chi connectivity index (χ0) is 23.6. The number of fused-ring (bicyclic) bond motifs is 1. The molecule has 1 N–H and O–H groups in total. The standard InChI is InChI=1S/C23H29N5O4S/c1-17-25-20-6-4-5-7-22(20)28(17)11-10-24-23(29)19-16-18(33(30,31)26(2)3)8-9-21(19)27-12-14-32-15-13-27/h4-9,16H,10-15H2,1-3H3,(H,24,29). The largest absolute Gasteiger partial charge is 0.378 e. The van der Waals surface area contributed by atoms with Crippen LogP contribution >= 0.6 is 0 Å². The van der Waals surface area contributed by atoms with Crippen molar-refractivity contribution in [2.24, 2.45) is 0 Å². The molecule has 1 saturated heterocycles. The molecule has 2 heterocycles. The number of para-hydroxylation sites is 2. The number of amides is 1. The summed E-state index contributed by atoms with van der Waals surface area (Å²) in [6.07, 6.45) is 0. The summed E-state index contributed by atoms with van der Waals surface area (Å²) in [6, 6.07) is 12.6. The van der Waals surface area contributed by atoms with Gasteiger partial charge in [-0.2, -0.15) is 0 Å². The number of sulfonamides is 1. The first-order chi connectivity index (χ1) is 15.8. The van der Waals surface area contributed by atoms with Gasteiger partial charge in [-0.25, -0.2) is 17.7 Å². The highest BCUT2D eigenvalue weighted by Gasteiger charge is 2.24. The van der Waals surface area contributed by atoms with Crippen LogP contribution in [0.25, 0.3) is 11.0 Å². The molecule has 0 atom stereocenters. The lowest BCUT2D eigenvalue weighted by molar-refractivity contribution is 0.0950. The molecule has 33 heavy (non-hydrogen) atoms. The third-order valence-corrected chi connectivity index (χ3v) is 7.62. The van der Waals surface area contributed by atoms with Crippen LogP contribution < -0.4 is 10.2 Å². The van der Waals surface area contributed by atoms with Gasteiger partial charge in [0.15, 0.2) is 0 Å². The Bertz CT molecular complexity index is 1260. The number of carbonyl (C=O) groups excluding carboxylic acids is 1. The number of anilines is 1. The van der Waals surface area contributed by atoms with Crippen molar-refractivity contribution in [2.75, 3.05) is 51.8 Å². The number of imidazole rings is 1. The SMILES string of the molecule is Cc1nc2ccccc2n1CCNC(=O)c1cc(S(=O)(=O)N(C)C)ccc1N1CCOCC1. The number of ether oxygens (including phenoxy) is 1. The summed E-state index contributed by atoms with van der Waals surface area (Å²) < 4.78 is 34.0. The predicted molar refractivity (Wildman–Crippen MR) is 127 cm³/mol. The maximum absolute atomic E-state index is 13.2. The monoisotopic (exact) mass is 471 g/mol. The first-order valence-corrected chi connectivity index (χ1v) is 12.3. The summed E-state index contributed by atoms with van der Waals surface area (Å²) in [4.78, 5) is 19.9. The smallest absolute Gasteiger partial charge is 0.253 e. The number of rotatable bonds is 7. The topological polar surface area (TPSA) is 96.8 Å². The summed E-state index contributed by atoms with van der Waals surface area (Å²) in [5.74, 6) is 0.563. The van der Waals surface area contributed by atoms with E-state index in [-0.39, 0.29) is 10.8 Å². The van der Waals surface area contributed by atoms with Gasteiger partial charge in [0, 0.05) is 46.0 Å². The molecule has 176 valence electrons. The Labute approximate surface area is 194 Å². The number of hydrogen-bond donors (Lipinski definition) is 1. The third kappa shape index (κ3) is 4.73. The highest BCUT2D eigenvalue weighted by atomic mass is 32.2. The molecule has 0 unspecified atom stereocenters. The van der Waals surface area contributed by atoms with Crippen molar-refractivity contribution < 1.29 is 17.9 Å². The van der Waals surface area contributed by atoms with E-state index in [1.54, 1.807) is 12.1 Å². The zero-order valence-corrected chi connectivity index (χ0v) is 19.9. The molecule has 1 aliphatic heterocycles. The molecule has 1 aliphatic rings. The maximum atomic E-state index is 13.2. The van der Waals surface area contributed by atoms with Gasteiger partial charge in [0.1, 0.15) is 5.82 Å². The summed E-state index contributed by atoms with van der Waals surface area (Å²) in [6.45, 7) is 5.28. The van der Waals surface area contributed by atoms with Gasteiger partial charge in [-0.05, 0) is 37.3 Å². The van der Waals surface area contributed by atoms with Crippen LogP contribution in [0.1, 0.15) is 16.2 Å². The van der Waals surface area contributed by atoms with Crippen molar-refractivity contribution in [2.45, 2.75) is 18.4 Å². The molecule has 1 amide bonds. The fourth-order valence-corrected chi connectivity index (χ4v) is 4.93. The average molecular weight is 472 g/mol. The van der Waals surface area contributed by atoms with Crippen molar-refractivity contribution in [3.63, 3.8) is 0 Å². The minimum atomic E-state index is -3.67. The first-order valence-electron chi connectivity index (χ1n) is 10.9. The zero-order valence-electron chi connectivity index (χ0n) is 19.1. The summed E-state index contributed by atoms with van der Waals surface area (Å²) in [5, 5.41) is 2.96. The van der Waals surface area contributed by atoms with Crippen molar-refractivity contribution in [3.8, 4) is 0 Å². The van der Waals surface area contributed by atoms with Gasteiger partial charge >= 0.3 is 0 Å². The number of nitrogens with zero attached hydrogens (tertiary/aromatic N) is 4. The number of nitrogens with one attached hydrogen (secondary N) is 1. The number of aryl methyl sites for hydroxylation is 1. The molecule has 1 fully saturated rings. The van der Waals surface area contributed by atoms with Gasteiger partial charge < -0.3 is 19.5 Å². The van der Waals surface area contributed by atoms with Crippen LogP contribution in [0, 0.1) is 6.92 Å². The van der Waals surface area contributed by atoms with Crippen LogP contribution in [0.4, 0.5) is 5.69 Å². The van der Waals surface area contributed by atoms with Crippen molar-refractivity contribution >= 4 is 32.7 Å². The Morgan fingerprint density at radius 3 is 2.61 bits per heavy atom. The highest BCUT2D eigenvalue weighted by molar-refractivity contribution is 7.89. The molecule has 3 aromatic rings. The molecule has 4 rings (SSSR count). The van der Waals surface area contributed by atoms with Gasteiger partial charge in [0.05, 0.1) is 34.7 Å². The molecule has 0 spiro atoms. The third-order valence-electron chi connectivity index (χ3n) is 5.81. The lowest BCUT2D eigenvalue weighted by atomic mass is 10.1. The van der Waals surface area contributed by atoms with Crippen LogP contribution in [0.5, 0.6) is 0 Å². The average Bonchev–Trinajstić information content (AvgIpc) is 3.14. The van der Waals surface area contributed by atoms with E-state index < -0.39 is 10.0 Å². The number of carbonyl (C=O) groups is 1. The lowest BCUT2D eigenvalue weighted by Gasteiger charge is -2.30. The number of hydrogen-bond acceptors (Lipinski definition) is 6. The van der Waals surface area contributed by atoms with Gasteiger partial charge in [-0.3, -0.25) is 4.79 Å². The molecule has 1 aromatic heterocycles. The van der Waals surface area contributed by atoms with E-state index in [1.165, 1.54) is 20.2 Å². The molecule has 0 saturated carbocycles. The van der Waals surface area contributed by atoms with Crippen LogP contribution in [0.2, 0.25) is 0 Å². The maximum Gasteiger partial charge on any atom is 0.253 e. The van der Waals surface area contributed by atoms with E-state index >= 15 is 0 Å². The fraction of sp³-hybridized carbons (Fsp3) is 0.391. The Hall–Kier alpha value is -2.95. The van der Waals surface area contributed by atoms with Crippen molar-refractivity contribution in [1.29, 1.82) is 0 Å². The molecular formula is C23H29N5O4S. The second kappa shape index (κ2) is 9.50. The predicted octanol–water partition coefficient (Wildman–Crippen LogP) is 1.86. The number of aromatic nitrogens is 2. The Balaban J connectivity index is 1.58. The summed E-state index contributed by atoms with van der Waals surface area (Å²) in [5.41, 5.74) is 2.97. The van der Waals surface area contributed by atoms with Crippen LogP contribution in [0.15, 0.2) is 47.4 Å². The second-order valence-corrected chi connectivity index (χ2v) is 10.3. The summed E-state index contributed by atoms with van der Waals surface area (Å²) >= 11 is 0. The van der Waals surface area contributed by atoms with Gasteiger partial charge in [0.25, 0.3) is 5.91 Å². The Morgan fingerprint density at radius 1 is 1.15 bits per heavy atom. The van der Waals surface area contributed by atoms with Crippen molar-refractivity contribution in [1.82, 2.24) is 19.2 Å².